The summed E-state index contributed by atoms with van der Waals surface area (Å²) in [5.74, 6) is 0. The Labute approximate surface area is 109 Å². The first-order chi connectivity index (χ1) is 8.90. The zero-order valence-electron chi connectivity index (χ0n) is 10.6. The number of rotatable bonds is 4. The number of hydrogen-bond acceptors (Lipinski definition) is 2. The third kappa shape index (κ3) is 3.59. The van der Waals surface area contributed by atoms with Crippen molar-refractivity contribution in [2.75, 3.05) is 18.0 Å². The lowest BCUT2D eigenvalue weighted by atomic mass is 10.1. The van der Waals surface area contributed by atoms with Gasteiger partial charge < -0.3 is 4.90 Å². The van der Waals surface area contributed by atoms with Gasteiger partial charge in [-0.1, -0.05) is 30.4 Å². The van der Waals surface area contributed by atoms with Crippen molar-refractivity contribution >= 4 is 18.0 Å². The number of carbonyl (C=O) groups excluding carboxylic acids is 1. The summed E-state index contributed by atoms with van der Waals surface area (Å²) in [4.78, 5) is 12.6. The quantitative estimate of drug-likeness (QED) is 0.457. The molecule has 1 aliphatic heterocycles. The predicted molar refractivity (Wildman–Crippen MR) is 76.7 cm³/mol. The van der Waals surface area contributed by atoms with Crippen LogP contribution in [-0.2, 0) is 4.79 Å². The third-order valence-corrected chi connectivity index (χ3v) is 3.20. The Morgan fingerprint density at radius 3 is 2.28 bits per heavy atom. The number of nitrogens with zero attached hydrogens (tertiary/aromatic N) is 1. The number of hydrogen-bond donors (Lipinski definition) is 0. The van der Waals surface area contributed by atoms with Gasteiger partial charge >= 0.3 is 0 Å². The topological polar surface area (TPSA) is 20.3 Å². The summed E-state index contributed by atoms with van der Waals surface area (Å²) in [6.07, 6.45) is 11.9. The van der Waals surface area contributed by atoms with Crippen LogP contribution in [0.1, 0.15) is 24.8 Å². The van der Waals surface area contributed by atoms with Crippen molar-refractivity contribution in [2.24, 2.45) is 0 Å². The van der Waals surface area contributed by atoms with E-state index in [-0.39, 0.29) is 0 Å². The van der Waals surface area contributed by atoms with Crippen LogP contribution < -0.4 is 4.90 Å². The van der Waals surface area contributed by atoms with Crippen molar-refractivity contribution in [3.8, 4) is 0 Å². The van der Waals surface area contributed by atoms with E-state index in [0.29, 0.717) is 0 Å². The van der Waals surface area contributed by atoms with E-state index in [9.17, 15) is 4.79 Å². The van der Waals surface area contributed by atoms with Crippen LogP contribution in [0, 0.1) is 0 Å². The molecule has 1 fully saturated rings. The molecule has 0 saturated carbocycles. The average Bonchev–Trinajstić information content (AvgIpc) is 2.45. The first-order valence-corrected chi connectivity index (χ1v) is 6.54. The number of benzene rings is 1. The Hall–Kier alpha value is -1.83. The molecular formula is C16H19NO. The van der Waals surface area contributed by atoms with Crippen molar-refractivity contribution < 1.29 is 4.79 Å². The van der Waals surface area contributed by atoms with E-state index in [1.807, 2.05) is 12.2 Å². The van der Waals surface area contributed by atoms with Crippen molar-refractivity contribution in [3.05, 3.63) is 48.1 Å². The van der Waals surface area contributed by atoms with Gasteiger partial charge in [-0.25, -0.2) is 0 Å². The molecule has 0 atom stereocenters. The van der Waals surface area contributed by atoms with E-state index in [2.05, 4.69) is 29.2 Å². The van der Waals surface area contributed by atoms with Gasteiger partial charge in [-0.2, -0.15) is 0 Å². The summed E-state index contributed by atoms with van der Waals surface area (Å²) >= 11 is 0. The zero-order valence-corrected chi connectivity index (χ0v) is 10.6. The highest BCUT2D eigenvalue weighted by Crippen LogP contribution is 2.20. The van der Waals surface area contributed by atoms with E-state index in [0.717, 1.165) is 11.8 Å². The van der Waals surface area contributed by atoms with Gasteiger partial charge in [-0.3, -0.25) is 4.79 Å². The molecule has 0 unspecified atom stereocenters. The monoisotopic (exact) mass is 241 g/mol. The van der Waals surface area contributed by atoms with Crippen LogP contribution in [0.4, 0.5) is 5.69 Å². The highest BCUT2D eigenvalue weighted by molar-refractivity contribution is 5.66. The zero-order chi connectivity index (χ0) is 12.6. The molecule has 0 radical (unpaired) electrons. The van der Waals surface area contributed by atoms with Gasteiger partial charge in [0.2, 0.25) is 0 Å². The average molecular weight is 241 g/mol. The van der Waals surface area contributed by atoms with E-state index < -0.39 is 0 Å². The number of anilines is 1. The molecule has 0 bridgehead atoms. The van der Waals surface area contributed by atoms with Crippen LogP contribution in [0.15, 0.2) is 42.5 Å². The Balaban J connectivity index is 1.98. The number of carbonyl (C=O) groups is 1. The predicted octanol–water partition coefficient (Wildman–Crippen LogP) is 3.45. The third-order valence-electron chi connectivity index (χ3n) is 3.20. The lowest BCUT2D eigenvalue weighted by Crippen LogP contribution is -2.29. The molecule has 0 N–H and O–H groups in total. The number of allylic oxidation sites excluding steroid dienone is 3. The van der Waals surface area contributed by atoms with Crippen molar-refractivity contribution in [3.63, 3.8) is 0 Å². The molecule has 94 valence electrons. The van der Waals surface area contributed by atoms with Gasteiger partial charge in [0.15, 0.2) is 0 Å². The highest BCUT2D eigenvalue weighted by Gasteiger charge is 2.09. The molecule has 0 aromatic heterocycles. The first kappa shape index (κ1) is 12.6. The van der Waals surface area contributed by atoms with Gasteiger partial charge in [-0.05, 0) is 43.0 Å². The Kier molecular flexibility index (Phi) is 4.77. The summed E-state index contributed by atoms with van der Waals surface area (Å²) in [6.45, 7) is 2.36. The minimum absolute atomic E-state index is 0.782. The van der Waals surface area contributed by atoms with Gasteiger partial charge in [0, 0.05) is 18.8 Å². The number of aldehydes is 1. The largest absolute Gasteiger partial charge is 0.372 e. The maximum Gasteiger partial charge on any atom is 0.142 e. The van der Waals surface area contributed by atoms with Crippen LogP contribution in [0.2, 0.25) is 0 Å². The first-order valence-electron chi connectivity index (χ1n) is 6.54. The minimum atomic E-state index is 0.782. The van der Waals surface area contributed by atoms with E-state index in [4.69, 9.17) is 0 Å². The van der Waals surface area contributed by atoms with E-state index in [1.165, 1.54) is 44.1 Å². The normalized spacial score (nSPS) is 16.6. The van der Waals surface area contributed by atoms with Crippen LogP contribution >= 0.6 is 0 Å². The summed E-state index contributed by atoms with van der Waals surface area (Å²) in [5.41, 5.74) is 2.47. The fourth-order valence-electron chi connectivity index (χ4n) is 2.22. The van der Waals surface area contributed by atoms with Crippen LogP contribution in [-0.4, -0.2) is 19.4 Å². The van der Waals surface area contributed by atoms with Gasteiger partial charge in [0.1, 0.15) is 6.29 Å². The lowest BCUT2D eigenvalue weighted by molar-refractivity contribution is -0.104. The van der Waals surface area contributed by atoms with Gasteiger partial charge in [0.05, 0.1) is 0 Å². The molecule has 1 aromatic carbocycles. The van der Waals surface area contributed by atoms with E-state index >= 15 is 0 Å². The van der Waals surface area contributed by atoms with Crippen molar-refractivity contribution in [1.82, 2.24) is 0 Å². The summed E-state index contributed by atoms with van der Waals surface area (Å²) < 4.78 is 0. The van der Waals surface area contributed by atoms with Crippen molar-refractivity contribution in [1.29, 1.82) is 0 Å². The summed E-state index contributed by atoms with van der Waals surface area (Å²) in [7, 11) is 0. The van der Waals surface area contributed by atoms with Crippen LogP contribution in [0.25, 0.3) is 6.08 Å². The van der Waals surface area contributed by atoms with Gasteiger partial charge in [-0.15, -0.1) is 0 Å². The summed E-state index contributed by atoms with van der Waals surface area (Å²) in [6, 6.07) is 8.59. The second kappa shape index (κ2) is 6.80. The molecule has 1 saturated heterocycles. The Morgan fingerprint density at radius 2 is 1.61 bits per heavy atom. The maximum absolute atomic E-state index is 10.1. The molecule has 2 heteroatoms. The molecule has 2 nitrogen and oxygen atoms in total. The second-order valence-corrected chi connectivity index (χ2v) is 4.52. The molecule has 2 rings (SSSR count). The molecule has 1 aromatic rings. The standard InChI is InChI=1S/C16H19NO/c18-14-6-1-3-7-15-8-10-16(11-9-15)17-12-4-2-5-13-17/h1,3,6-11,14H,2,4-5,12-13H2/b6-1+,7-3+. The molecule has 0 spiro atoms. The SMILES string of the molecule is O=C/C=C/C=C/c1ccc(N2CCCCC2)cc1. The second-order valence-electron chi connectivity index (χ2n) is 4.52. The van der Waals surface area contributed by atoms with Crippen molar-refractivity contribution in [2.45, 2.75) is 19.3 Å². The highest BCUT2D eigenvalue weighted by atomic mass is 16.1. The lowest BCUT2D eigenvalue weighted by Gasteiger charge is -2.28. The molecule has 18 heavy (non-hydrogen) atoms. The molecular weight excluding hydrogens is 222 g/mol. The maximum atomic E-state index is 10.1. The Bertz CT molecular complexity index is 425. The molecule has 1 aliphatic rings. The fraction of sp³-hybridized carbons (Fsp3) is 0.312. The minimum Gasteiger partial charge on any atom is -0.372 e. The Morgan fingerprint density at radius 1 is 0.889 bits per heavy atom. The molecule has 0 aliphatic carbocycles. The van der Waals surface area contributed by atoms with E-state index in [1.54, 1.807) is 6.08 Å². The summed E-state index contributed by atoms with van der Waals surface area (Å²) in [5, 5.41) is 0. The smallest absolute Gasteiger partial charge is 0.142 e. The van der Waals surface area contributed by atoms with Crippen LogP contribution in [0.3, 0.4) is 0 Å². The molecule has 0 amide bonds. The van der Waals surface area contributed by atoms with Crippen LogP contribution in [0.5, 0.6) is 0 Å². The van der Waals surface area contributed by atoms with Gasteiger partial charge in [0.25, 0.3) is 0 Å². The fourth-order valence-corrected chi connectivity index (χ4v) is 2.22. The molecule has 1 heterocycles. The number of piperidine rings is 1.